The summed E-state index contributed by atoms with van der Waals surface area (Å²) >= 11 is 0. The van der Waals surface area contributed by atoms with E-state index in [1.165, 1.54) is 64.2 Å². The minimum absolute atomic E-state index is 0.0150. The Kier molecular flexibility index (Phi) is 16.8. The van der Waals surface area contributed by atoms with Gasteiger partial charge in [-0.15, -0.1) is 0 Å². The molecule has 1 saturated heterocycles. The Balaban J connectivity index is 2.26. The normalized spacial score (nSPS) is 27.0. The number of carbonyl (C=O) groups is 2. The zero-order chi connectivity index (χ0) is 21.9. The van der Waals surface area contributed by atoms with Crippen molar-refractivity contribution < 1.29 is 19.1 Å². The van der Waals surface area contributed by atoms with E-state index in [1.54, 1.807) is 0 Å². The van der Waals surface area contributed by atoms with Gasteiger partial charge in [0.25, 0.3) is 0 Å². The second kappa shape index (κ2) is 18.7. The number of carbonyl (C=O) groups excluding carboxylic acids is 2. The second-order valence-electron chi connectivity index (χ2n) is 9.34. The van der Waals surface area contributed by atoms with Gasteiger partial charge in [0.15, 0.2) is 0 Å². The highest BCUT2D eigenvalue weighted by molar-refractivity contribution is 5.69. The Labute approximate surface area is 185 Å². The lowest BCUT2D eigenvalue weighted by molar-refractivity contribution is -0.149. The van der Waals surface area contributed by atoms with Crippen LogP contribution in [0.2, 0.25) is 0 Å². The number of cyclic esters (lactones) is 2. The van der Waals surface area contributed by atoms with Crippen molar-refractivity contribution >= 4 is 11.9 Å². The summed E-state index contributed by atoms with van der Waals surface area (Å²) in [7, 11) is 0. The van der Waals surface area contributed by atoms with E-state index in [1.807, 2.05) is 13.8 Å². The summed E-state index contributed by atoms with van der Waals surface area (Å²) in [5.41, 5.74) is 0. The Morgan fingerprint density at radius 1 is 0.467 bits per heavy atom. The zero-order valence-electron chi connectivity index (χ0n) is 19.9. The summed E-state index contributed by atoms with van der Waals surface area (Å²) in [5, 5.41) is 0. The van der Waals surface area contributed by atoms with Crippen LogP contribution in [0.4, 0.5) is 0 Å². The maximum Gasteiger partial charge on any atom is 0.306 e. The Bertz CT molecular complexity index is 395. The molecule has 0 aromatic rings. The Morgan fingerprint density at radius 2 is 0.733 bits per heavy atom. The number of ether oxygens (including phenoxy) is 2. The molecule has 176 valence electrons. The molecule has 0 bridgehead atoms. The minimum Gasteiger partial charge on any atom is -0.463 e. The van der Waals surface area contributed by atoms with Crippen LogP contribution in [0.15, 0.2) is 0 Å². The molecule has 4 heteroatoms. The molecule has 0 radical (unpaired) electrons. The Hall–Kier alpha value is -1.06. The van der Waals surface area contributed by atoms with E-state index < -0.39 is 0 Å². The molecule has 0 spiro atoms. The van der Waals surface area contributed by atoms with E-state index in [0.29, 0.717) is 12.8 Å². The molecule has 0 N–H and O–H groups in total. The average Bonchev–Trinajstić information content (AvgIpc) is 2.70. The molecule has 1 heterocycles. The molecule has 1 fully saturated rings. The molecule has 0 aliphatic carbocycles. The first-order valence-electron chi connectivity index (χ1n) is 13.0. The minimum atomic E-state index is -0.0150. The van der Waals surface area contributed by atoms with Gasteiger partial charge >= 0.3 is 11.9 Å². The Morgan fingerprint density at radius 3 is 1.07 bits per heavy atom. The van der Waals surface area contributed by atoms with Gasteiger partial charge in [0.1, 0.15) is 0 Å². The first kappa shape index (κ1) is 27.0. The van der Waals surface area contributed by atoms with Crippen molar-refractivity contribution in [2.24, 2.45) is 0 Å². The van der Waals surface area contributed by atoms with Gasteiger partial charge in [-0.05, 0) is 52.4 Å². The third-order valence-corrected chi connectivity index (χ3v) is 6.15. The quantitative estimate of drug-likeness (QED) is 0.374. The number of rotatable bonds is 0. The van der Waals surface area contributed by atoms with Gasteiger partial charge < -0.3 is 9.47 Å². The van der Waals surface area contributed by atoms with Gasteiger partial charge in [0.2, 0.25) is 0 Å². The van der Waals surface area contributed by atoms with Crippen LogP contribution >= 0.6 is 0 Å². The van der Waals surface area contributed by atoms with Crippen molar-refractivity contribution in [2.45, 2.75) is 154 Å². The molecule has 30 heavy (non-hydrogen) atoms. The van der Waals surface area contributed by atoms with Crippen molar-refractivity contribution in [2.75, 3.05) is 0 Å². The summed E-state index contributed by atoms with van der Waals surface area (Å²) in [6.45, 7) is 4.05. The van der Waals surface area contributed by atoms with Crippen LogP contribution in [0.3, 0.4) is 0 Å². The van der Waals surface area contributed by atoms with Crippen molar-refractivity contribution in [3.63, 3.8) is 0 Å². The van der Waals surface area contributed by atoms with Crippen molar-refractivity contribution in [1.29, 1.82) is 0 Å². The zero-order valence-corrected chi connectivity index (χ0v) is 19.9. The van der Waals surface area contributed by atoms with E-state index in [9.17, 15) is 9.59 Å². The SMILES string of the molecule is CC1CCCCCCCCCCC(=O)OC(C)CCCCCCCCCCC(=O)O1. The molecule has 2 atom stereocenters. The van der Waals surface area contributed by atoms with Crippen molar-refractivity contribution in [3.05, 3.63) is 0 Å². The van der Waals surface area contributed by atoms with Crippen LogP contribution in [-0.4, -0.2) is 24.1 Å². The van der Waals surface area contributed by atoms with Crippen molar-refractivity contribution in [3.8, 4) is 0 Å². The van der Waals surface area contributed by atoms with E-state index in [2.05, 4.69) is 0 Å². The van der Waals surface area contributed by atoms with Gasteiger partial charge in [-0.1, -0.05) is 77.0 Å². The summed E-state index contributed by atoms with van der Waals surface area (Å²) in [4.78, 5) is 23.9. The van der Waals surface area contributed by atoms with Gasteiger partial charge in [0, 0.05) is 12.8 Å². The second-order valence-corrected chi connectivity index (χ2v) is 9.34. The molecule has 1 rings (SSSR count). The smallest absolute Gasteiger partial charge is 0.306 e. The summed E-state index contributed by atoms with van der Waals surface area (Å²) in [5.74, 6) is -0.0301. The molecule has 0 amide bonds. The van der Waals surface area contributed by atoms with E-state index in [-0.39, 0.29) is 24.1 Å². The summed E-state index contributed by atoms with van der Waals surface area (Å²) < 4.78 is 11.1. The van der Waals surface area contributed by atoms with E-state index >= 15 is 0 Å². The number of hydrogen-bond acceptors (Lipinski definition) is 4. The molecule has 0 aromatic heterocycles. The van der Waals surface area contributed by atoms with Crippen molar-refractivity contribution in [1.82, 2.24) is 0 Å². The fourth-order valence-corrected chi connectivity index (χ4v) is 4.21. The molecule has 0 saturated carbocycles. The van der Waals surface area contributed by atoms with E-state index in [0.717, 1.165) is 51.4 Å². The van der Waals surface area contributed by atoms with Gasteiger partial charge in [-0.3, -0.25) is 9.59 Å². The molecular weight excluding hydrogens is 376 g/mol. The van der Waals surface area contributed by atoms with Gasteiger partial charge in [0.05, 0.1) is 12.2 Å². The maximum absolute atomic E-state index is 11.9. The highest BCUT2D eigenvalue weighted by Gasteiger charge is 2.10. The standard InChI is InChI=1S/C26H48O4/c1-23-19-15-11-7-3-5-10-14-18-22-26(28)30-24(2)20-16-12-8-4-6-9-13-17-21-25(27)29-23/h23-24H,3-22H2,1-2H3. The fourth-order valence-electron chi connectivity index (χ4n) is 4.21. The largest absolute Gasteiger partial charge is 0.463 e. The highest BCUT2D eigenvalue weighted by Crippen LogP contribution is 2.16. The van der Waals surface area contributed by atoms with Crippen LogP contribution in [0, 0.1) is 0 Å². The van der Waals surface area contributed by atoms with Gasteiger partial charge in [-0.2, -0.15) is 0 Å². The molecule has 0 aromatic carbocycles. The third kappa shape index (κ3) is 16.7. The van der Waals surface area contributed by atoms with E-state index in [4.69, 9.17) is 9.47 Å². The maximum atomic E-state index is 11.9. The number of esters is 2. The van der Waals surface area contributed by atoms with Crippen LogP contribution in [-0.2, 0) is 19.1 Å². The van der Waals surface area contributed by atoms with Crippen LogP contribution in [0.25, 0.3) is 0 Å². The molecule has 2 unspecified atom stereocenters. The monoisotopic (exact) mass is 424 g/mol. The first-order valence-corrected chi connectivity index (χ1v) is 13.0. The fraction of sp³-hybridized carbons (Fsp3) is 0.923. The molecule has 1 aliphatic rings. The predicted octanol–water partition coefficient (Wildman–Crippen LogP) is 7.67. The summed E-state index contributed by atoms with van der Waals surface area (Å²) in [6.07, 6.45) is 22.0. The lowest BCUT2D eigenvalue weighted by atomic mass is 10.0. The lowest BCUT2D eigenvalue weighted by Gasteiger charge is -2.13. The number of hydrogen-bond donors (Lipinski definition) is 0. The molecule has 4 nitrogen and oxygen atoms in total. The average molecular weight is 425 g/mol. The van der Waals surface area contributed by atoms with Crippen LogP contribution in [0.1, 0.15) is 142 Å². The van der Waals surface area contributed by atoms with Crippen LogP contribution < -0.4 is 0 Å². The topological polar surface area (TPSA) is 52.6 Å². The predicted molar refractivity (Wildman–Crippen MR) is 123 cm³/mol. The van der Waals surface area contributed by atoms with Gasteiger partial charge in [-0.25, -0.2) is 0 Å². The molecule has 1 aliphatic heterocycles. The third-order valence-electron chi connectivity index (χ3n) is 6.15. The van der Waals surface area contributed by atoms with Crippen LogP contribution in [0.5, 0.6) is 0 Å². The first-order chi connectivity index (χ1) is 14.6. The molecular formula is C26H48O4. The summed E-state index contributed by atoms with van der Waals surface area (Å²) in [6, 6.07) is 0. The lowest BCUT2D eigenvalue weighted by Crippen LogP contribution is -2.14. The highest BCUT2D eigenvalue weighted by atomic mass is 16.5.